The highest BCUT2D eigenvalue weighted by Crippen LogP contribution is 2.19. The molecule has 4 rings (SSSR count). The molecule has 5 heteroatoms. The van der Waals surface area contributed by atoms with Gasteiger partial charge >= 0.3 is 0 Å². The second-order valence-corrected chi connectivity index (χ2v) is 5.28. The van der Waals surface area contributed by atoms with Gasteiger partial charge in [0.15, 0.2) is 5.65 Å². The van der Waals surface area contributed by atoms with Crippen LogP contribution in [0.15, 0.2) is 67.1 Å². The summed E-state index contributed by atoms with van der Waals surface area (Å²) in [6, 6.07) is 14.2. The lowest BCUT2D eigenvalue weighted by atomic mass is 10.1. The van der Waals surface area contributed by atoms with Crippen molar-refractivity contribution >= 4 is 5.65 Å². The maximum Gasteiger partial charge on any atom is 0.154 e. The Morgan fingerprint density at radius 1 is 0.913 bits per heavy atom. The van der Waals surface area contributed by atoms with Gasteiger partial charge in [0.25, 0.3) is 0 Å². The zero-order chi connectivity index (χ0) is 15.6. The van der Waals surface area contributed by atoms with E-state index in [4.69, 9.17) is 0 Å². The Kier molecular flexibility index (Phi) is 3.31. The van der Waals surface area contributed by atoms with E-state index in [0.717, 1.165) is 28.2 Å². The minimum absolute atomic E-state index is 0.230. The molecule has 0 saturated heterocycles. The zero-order valence-corrected chi connectivity index (χ0v) is 12.2. The van der Waals surface area contributed by atoms with E-state index in [9.17, 15) is 4.39 Å². The number of hydrogen-bond donors (Lipinski definition) is 0. The van der Waals surface area contributed by atoms with Crippen LogP contribution in [0.25, 0.3) is 16.9 Å². The fourth-order valence-corrected chi connectivity index (χ4v) is 2.54. The van der Waals surface area contributed by atoms with E-state index in [-0.39, 0.29) is 5.82 Å². The van der Waals surface area contributed by atoms with E-state index in [1.54, 1.807) is 30.7 Å². The van der Waals surface area contributed by atoms with Crippen LogP contribution < -0.4 is 0 Å². The lowest BCUT2D eigenvalue weighted by molar-refractivity contribution is 0.627. The van der Waals surface area contributed by atoms with Crippen LogP contribution in [0.4, 0.5) is 4.39 Å². The number of benzene rings is 1. The van der Waals surface area contributed by atoms with E-state index in [1.807, 2.05) is 28.8 Å². The Morgan fingerprint density at radius 2 is 1.70 bits per heavy atom. The molecule has 1 aromatic carbocycles. The van der Waals surface area contributed by atoms with Crippen molar-refractivity contribution in [3.63, 3.8) is 0 Å². The van der Waals surface area contributed by atoms with Gasteiger partial charge in [-0.3, -0.25) is 4.98 Å². The summed E-state index contributed by atoms with van der Waals surface area (Å²) >= 11 is 0. The molecule has 3 aromatic heterocycles. The molecule has 112 valence electrons. The summed E-state index contributed by atoms with van der Waals surface area (Å²) in [4.78, 5) is 8.42. The number of aromatic nitrogens is 4. The standard InChI is InChI=1S/C18H13FN4/c19-15-3-1-13(2-4-15)11-16-5-6-18-21-12-17(23(18)22-16)14-7-9-20-10-8-14/h1-10,12H,11H2. The van der Waals surface area contributed by atoms with Crippen LogP contribution in [0.2, 0.25) is 0 Å². The maximum atomic E-state index is 13.0. The van der Waals surface area contributed by atoms with Crippen molar-refractivity contribution < 1.29 is 4.39 Å². The van der Waals surface area contributed by atoms with Crippen LogP contribution in [-0.2, 0) is 6.42 Å². The van der Waals surface area contributed by atoms with Crippen molar-refractivity contribution in [1.82, 2.24) is 19.6 Å². The van der Waals surface area contributed by atoms with Crippen molar-refractivity contribution in [2.24, 2.45) is 0 Å². The van der Waals surface area contributed by atoms with E-state index >= 15 is 0 Å². The van der Waals surface area contributed by atoms with Gasteiger partial charge in [-0.15, -0.1) is 0 Å². The number of nitrogens with zero attached hydrogens (tertiary/aromatic N) is 4. The number of pyridine rings is 1. The molecule has 3 heterocycles. The summed E-state index contributed by atoms with van der Waals surface area (Å²) in [5.74, 6) is -0.230. The van der Waals surface area contributed by atoms with Gasteiger partial charge < -0.3 is 0 Å². The zero-order valence-electron chi connectivity index (χ0n) is 12.2. The smallest absolute Gasteiger partial charge is 0.154 e. The predicted molar refractivity (Wildman–Crippen MR) is 85.4 cm³/mol. The second kappa shape index (κ2) is 5.61. The monoisotopic (exact) mass is 304 g/mol. The highest BCUT2D eigenvalue weighted by atomic mass is 19.1. The summed E-state index contributed by atoms with van der Waals surface area (Å²) in [6.07, 6.45) is 5.94. The summed E-state index contributed by atoms with van der Waals surface area (Å²) in [5, 5.41) is 4.67. The quantitative estimate of drug-likeness (QED) is 0.581. The topological polar surface area (TPSA) is 43.1 Å². The minimum atomic E-state index is -0.230. The van der Waals surface area contributed by atoms with Gasteiger partial charge in [0.2, 0.25) is 0 Å². The predicted octanol–water partition coefficient (Wildman–Crippen LogP) is 3.52. The summed E-state index contributed by atoms with van der Waals surface area (Å²) in [6.45, 7) is 0. The van der Waals surface area contributed by atoms with Gasteiger partial charge in [-0.2, -0.15) is 5.10 Å². The molecule has 0 aliphatic heterocycles. The molecule has 23 heavy (non-hydrogen) atoms. The molecular weight excluding hydrogens is 291 g/mol. The maximum absolute atomic E-state index is 13.0. The van der Waals surface area contributed by atoms with E-state index in [1.165, 1.54) is 12.1 Å². The van der Waals surface area contributed by atoms with E-state index in [2.05, 4.69) is 15.1 Å². The first-order chi connectivity index (χ1) is 11.3. The van der Waals surface area contributed by atoms with Crippen molar-refractivity contribution in [3.8, 4) is 11.3 Å². The van der Waals surface area contributed by atoms with Crippen molar-refractivity contribution in [3.05, 3.63) is 84.2 Å². The molecule has 0 aliphatic carbocycles. The van der Waals surface area contributed by atoms with Crippen LogP contribution >= 0.6 is 0 Å². The van der Waals surface area contributed by atoms with Gasteiger partial charge in [-0.1, -0.05) is 12.1 Å². The molecule has 0 unspecified atom stereocenters. The highest BCUT2D eigenvalue weighted by molar-refractivity contribution is 5.62. The third kappa shape index (κ3) is 2.68. The average Bonchev–Trinajstić information content (AvgIpc) is 3.01. The normalized spacial score (nSPS) is 11.0. The summed E-state index contributed by atoms with van der Waals surface area (Å²) in [5.41, 5.74) is 4.64. The van der Waals surface area contributed by atoms with E-state index in [0.29, 0.717) is 6.42 Å². The van der Waals surface area contributed by atoms with Crippen LogP contribution in [-0.4, -0.2) is 19.6 Å². The number of imidazole rings is 1. The van der Waals surface area contributed by atoms with Gasteiger partial charge in [0.05, 0.1) is 17.6 Å². The molecule has 0 spiro atoms. The first kappa shape index (κ1) is 13.6. The van der Waals surface area contributed by atoms with Gasteiger partial charge in [0, 0.05) is 24.4 Å². The number of halogens is 1. The minimum Gasteiger partial charge on any atom is -0.265 e. The third-order valence-electron chi connectivity index (χ3n) is 3.69. The SMILES string of the molecule is Fc1ccc(Cc2ccc3ncc(-c4ccncc4)n3n2)cc1. The van der Waals surface area contributed by atoms with Crippen LogP contribution in [0.3, 0.4) is 0 Å². The molecule has 0 bridgehead atoms. The number of hydrogen-bond acceptors (Lipinski definition) is 3. The van der Waals surface area contributed by atoms with Crippen molar-refractivity contribution in [2.75, 3.05) is 0 Å². The van der Waals surface area contributed by atoms with Crippen molar-refractivity contribution in [2.45, 2.75) is 6.42 Å². The average molecular weight is 304 g/mol. The molecule has 0 amide bonds. The Bertz CT molecular complexity index is 946. The second-order valence-electron chi connectivity index (χ2n) is 5.28. The summed E-state index contributed by atoms with van der Waals surface area (Å²) < 4.78 is 14.8. The molecule has 0 N–H and O–H groups in total. The number of rotatable bonds is 3. The molecule has 0 saturated carbocycles. The van der Waals surface area contributed by atoms with Crippen molar-refractivity contribution in [1.29, 1.82) is 0 Å². The van der Waals surface area contributed by atoms with Crippen LogP contribution in [0, 0.1) is 5.82 Å². The largest absolute Gasteiger partial charge is 0.265 e. The molecule has 4 aromatic rings. The Morgan fingerprint density at radius 3 is 2.48 bits per heavy atom. The van der Waals surface area contributed by atoms with E-state index < -0.39 is 0 Å². The molecule has 4 nitrogen and oxygen atoms in total. The lowest BCUT2D eigenvalue weighted by Gasteiger charge is -2.05. The first-order valence-electron chi connectivity index (χ1n) is 7.28. The molecule has 0 aliphatic rings. The molecule has 0 radical (unpaired) electrons. The van der Waals surface area contributed by atoms with Crippen LogP contribution in [0.1, 0.15) is 11.3 Å². The van der Waals surface area contributed by atoms with Gasteiger partial charge in [-0.05, 0) is 42.0 Å². The van der Waals surface area contributed by atoms with Gasteiger partial charge in [-0.25, -0.2) is 13.9 Å². The molecule has 0 fully saturated rings. The molecular formula is C18H13FN4. The fourth-order valence-electron chi connectivity index (χ4n) is 2.54. The molecule has 0 atom stereocenters. The Hall–Kier alpha value is -3.08. The van der Waals surface area contributed by atoms with Gasteiger partial charge in [0.1, 0.15) is 5.82 Å². The Labute approximate surface area is 132 Å². The lowest BCUT2D eigenvalue weighted by Crippen LogP contribution is -2.00. The first-order valence-corrected chi connectivity index (χ1v) is 7.28. The highest BCUT2D eigenvalue weighted by Gasteiger charge is 2.08. The number of fused-ring (bicyclic) bond motifs is 1. The van der Waals surface area contributed by atoms with Crippen LogP contribution in [0.5, 0.6) is 0 Å². The Balaban J connectivity index is 1.73. The summed E-state index contributed by atoms with van der Waals surface area (Å²) in [7, 11) is 0. The third-order valence-corrected chi connectivity index (χ3v) is 3.69. The fraction of sp³-hybridized carbons (Fsp3) is 0.0556.